The van der Waals surface area contributed by atoms with Gasteiger partial charge in [0.1, 0.15) is 5.75 Å². The summed E-state index contributed by atoms with van der Waals surface area (Å²) in [5.41, 5.74) is 8.23. The zero-order chi connectivity index (χ0) is 15.4. The van der Waals surface area contributed by atoms with E-state index in [1.54, 1.807) is 14.2 Å². The molecule has 0 bridgehead atoms. The summed E-state index contributed by atoms with van der Waals surface area (Å²) in [5.74, 6) is 0.963. The molecule has 1 amide bonds. The van der Waals surface area contributed by atoms with Crippen molar-refractivity contribution >= 4 is 11.6 Å². The number of nitrogens with one attached hydrogen (secondary N) is 1. The van der Waals surface area contributed by atoms with Crippen molar-refractivity contribution in [2.24, 2.45) is 11.7 Å². The van der Waals surface area contributed by atoms with Gasteiger partial charge in [0.2, 0.25) is 5.91 Å². The Morgan fingerprint density at radius 3 is 2.90 bits per heavy atom. The van der Waals surface area contributed by atoms with E-state index < -0.39 is 0 Å². The standard InChI is InChI=1S/C16H25N3O2/c1-11(17)15-13(7-4-8-14(15)21-3)19-9-5-6-12(10-19)16(20)18-2/h4,7-8,11-12H,5-6,9-10,17H2,1-3H3,(H,18,20). The number of amides is 1. The van der Waals surface area contributed by atoms with Gasteiger partial charge in [0, 0.05) is 37.4 Å². The van der Waals surface area contributed by atoms with Crippen molar-refractivity contribution in [3.63, 3.8) is 0 Å². The molecule has 3 N–H and O–H groups in total. The zero-order valence-electron chi connectivity index (χ0n) is 13.1. The van der Waals surface area contributed by atoms with Gasteiger partial charge < -0.3 is 20.7 Å². The molecule has 1 fully saturated rings. The van der Waals surface area contributed by atoms with Gasteiger partial charge in [0.25, 0.3) is 0 Å². The number of ether oxygens (including phenoxy) is 1. The fraction of sp³-hybridized carbons (Fsp3) is 0.562. The van der Waals surface area contributed by atoms with Crippen LogP contribution in [0.25, 0.3) is 0 Å². The van der Waals surface area contributed by atoms with Crippen LogP contribution in [0.5, 0.6) is 5.75 Å². The van der Waals surface area contributed by atoms with Crippen LogP contribution < -0.4 is 20.7 Å². The molecule has 5 nitrogen and oxygen atoms in total. The van der Waals surface area contributed by atoms with E-state index in [0.29, 0.717) is 0 Å². The number of piperidine rings is 1. The van der Waals surface area contributed by atoms with Crippen molar-refractivity contribution in [1.82, 2.24) is 5.32 Å². The molecule has 0 saturated carbocycles. The van der Waals surface area contributed by atoms with Gasteiger partial charge in [-0.2, -0.15) is 0 Å². The van der Waals surface area contributed by atoms with Crippen LogP contribution in [0, 0.1) is 5.92 Å². The van der Waals surface area contributed by atoms with E-state index in [9.17, 15) is 4.79 Å². The molecule has 1 aromatic carbocycles. The van der Waals surface area contributed by atoms with Crippen molar-refractivity contribution in [3.8, 4) is 5.75 Å². The van der Waals surface area contributed by atoms with E-state index in [4.69, 9.17) is 10.5 Å². The second-order valence-corrected chi connectivity index (χ2v) is 5.58. The number of nitrogens with two attached hydrogens (primary N) is 1. The molecule has 5 heteroatoms. The van der Waals surface area contributed by atoms with Crippen molar-refractivity contribution in [1.29, 1.82) is 0 Å². The van der Waals surface area contributed by atoms with Gasteiger partial charge in [-0.3, -0.25) is 4.79 Å². The van der Waals surface area contributed by atoms with Crippen LogP contribution in [0.3, 0.4) is 0 Å². The van der Waals surface area contributed by atoms with E-state index in [2.05, 4.69) is 16.3 Å². The fourth-order valence-corrected chi connectivity index (χ4v) is 3.06. The molecule has 21 heavy (non-hydrogen) atoms. The Hall–Kier alpha value is -1.75. The summed E-state index contributed by atoms with van der Waals surface area (Å²) < 4.78 is 5.45. The number of nitrogens with zero attached hydrogens (tertiary/aromatic N) is 1. The third-order valence-electron chi connectivity index (χ3n) is 4.10. The minimum atomic E-state index is -0.114. The van der Waals surface area contributed by atoms with Crippen molar-refractivity contribution in [2.75, 3.05) is 32.1 Å². The van der Waals surface area contributed by atoms with Crippen LogP contribution in [0.4, 0.5) is 5.69 Å². The van der Waals surface area contributed by atoms with Gasteiger partial charge in [-0.05, 0) is 31.9 Å². The average Bonchev–Trinajstić information content (AvgIpc) is 2.53. The van der Waals surface area contributed by atoms with Crippen LogP contribution in [0.1, 0.15) is 31.4 Å². The zero-order valence-corrected chi connectivity index (χ0v) is 13.1. The summed E-state index contributed by atoms with van der Waals surface area (Å²) in [4.78, 5) is 14.2. The van der Waals surface area contributed by atoms with Crippen molar-refractivity contribution in [2.45, 2.75) is 25.8 Å². The van der Waals surface area contributed by atoms with E-state index >= 15 is 0 Å². The Bertz CT molecular complexity index is 502. The highest BCUT2D eigenvalue weighted by atomic mass is 16.5. The molecule has 2 rings (SSSR count). The Kier molecular flexibility index (Phi) is 5.07. The van der Waals surface area contributed by atoms with Gasteiger partial charge in [0.05, 0.1) is 13.0 Å². The van der Waals surface area contributed by atoms with Gasteiger partial charge in [-0.15, -0.1) is 0 Å². The van der Waals surface area contributed by atoms with Crippen LogP contribution in [0.15, 0.2) is 18.2 Å². The third-order valence-corrected chi connectivity index (χ3v) is 4.10. The summed E-state index contributed by atoms with van der Waals surface area (Å²) in [6.07, 6.45) is 1.95. The topological polar surface area (TPSA) is 67.6 Å². The quantitative estimate of drug-likeness (QED) is 0.885. The summed E-state index contributed by atoms with van der Waals surface area (Å²) in [6.45, 7) is 3.63. The molecule has 2 atom stereocenters. The second kappa shape index (κ2) is 6.80. The van der Waals surface area contributed by atoms with Crippen LogP contribution in [0.2, 0.25) is 0 Å². The molecule has 1 saturated heterocycles. The summed E-state index contributed by atoms with van der Waals surface area (Å²) in [6, 6.07) is 5.86. The minimum Gasteiger partial charge on any atom is -0.496 e. The number of anilines is 1. The van der Waals surface area contributed by atoms with Gasteiger partial charge in [0.15, 0.2) is 0 Å². The monoisotopic (exact) mass is 291 g/mol. The van der Waals surface area contributed by atoms with Gasteiger partial charge in [-0.1, -0.05) is 6.07 Å². The third kappa shape index (κ3) is 3.29. The number of hydrogen-bond donors (Lipinski definition) is 2. The largest absolute Gasteiger partial charge is 0.496 e. The molecular formula is C16H25N3O2. The number of methoxy groups -OCH3 is 1. The lowest BCUT2D eigenvalue weighted by Gasteiger charge is -2.35. The highest BCUT2D eigenvalue weighted by molar-refractivity contribution is 5.79. The Balaban J connectivity index is 2.30. The molecule has 0 radical (unpaired) electrons. The predicted molar refractivity (Wildman–Crippen MR) is 84.6 cm³/mol. The van der Waals surface area contributed by atoms with Crippen LogP contribution >= 0.6 is 0 Å². The minimum absolute atomic E-state index is 0.0379. The molecule has 2 unspecified atom stereocenters. The molecule has 1 aromatic rings. The predicted octanol–water partition coefficient (Wildman–Crippen LogP) is 1.68. The van der Waals surface area contributed by atoms with Crippen LogP contribution in [-0.2, 0) is 4.79 Å². The normalized spacial score (nSPS) is 20.0. The van der Waals surface area contributed by atoms with E-state index in [1.807, 2.05) is 19.1 Å². The Morgan fingerprint density at radius 2 is 2.29 bits per heavy atom. The summed E-state index contributed by atoms with van der Waals surface area (Å²) in [5, 5.41) is 2.75. The summed E-state index contributed by atoms with van der Waals surface area (Å²) >= 11 is 0. The molecule has 1 aliphatic rings. The average molecular weight is 291 g/mol. The van der Waals surface area contributed by atoms with Crippen molar-refractivity contribution < 1.29 is 9.53 Å². The number of carbonyl (C=O) groups is 1. The molecule has 116 valence electrons. The maximum absolute atomic E-state index is 11.9. The Labute approximate surface area is 126 Å². The SMILES string of the molecule is CNC(=O)C1CCCN(c2cccc(OC)c2C(C)N)C1. The fourth-order valence-electron chi connectivity index (χ4n) is 3.06. The Morgan fingerprint density at radius 1 is 1.52 bits per heavy atom. The van der Waals surface area contributed by atoms with E-state index in [-0.39, 0.29) is 17.9 Å². The van der Waals surface area contributed by atoms with Gasteiger partial charge in [-0.25, -0.2) is 0 Å². The lowest BCUT2D eigenvalue weighted by Crippen LogP contribution is -2.42. The van der Waals surface area contributed by atoms with Crippen molar-refractivity contribution in [3.05, 3.63) is 23.8 Å². The highest BCUT2D eigenvalue weighted by Gasteiger charge is 2.27. The van der Waals surface area contributed by atoms with E-state index in [0.717, 1.165) is 42.9 Å². The lowest BCUT2D eigenvalue weighted by molar-refractivity contribution is -0.124. The highest BCUT2D eigenvalue weighted by Crippen LogP contribution is 2.35. The first-order chi connectivity index (χ1) is 10.1. The molecule has 0 aliphatic carbocycles. The number of hydrogen-bond acceptors (Lipinski definition) is 4. The molecule has 1 aliphatic heterocycles. The number of carbonyl (C=O) groups excluding carboxylic acids is 1. The first-order valence-electron chi connectivity index (χ1n) is 7.47. The number of rotatable bonds is 4. The molecule has 0 aromatic heterocycles. The maximum atomic E-state index is 11.9. The van der Waals surface area contributed by atoms with Gasteiger partial charge >= 0.3 is 0 Å². The smallest absolute Gasteiger partial charge is 0.224 e. The second-order valence-electron chi connectivity index (χ2n) is 5.58. The lowest BCUT2D eigenvalue weighted by atomic mass is 9.95. The molecule has 0 spiro atoms. The maximum Gasteiger partial charge on any atom is 0.224 e. The molecule has 1 heterocycles. The molecular weight excluding hydrogens is 266 g/mol. The number of benzene rings is 1. The first-order valence-corrected chi connectivity index (χ1v) is 7.47. The van der Waals surface area contributed by atoms with E-state index in [1.165, 1.54) is 0 Å². The van der Waals surface area contributed by atoms with Crippen LogP contribution in [-0.4, -0.2) is 33.2 Å². The summed E-state index contributed by atoms with van der Waals surface area (Å²) in [7, 11) is 3.36. The first kappa shape index (κ1) is 15.6.